The van der Waals surface area contributed by atoms with E-state index < -0.39 is 0 Å². The molecule has 0 bridgehead atoms. The number of nitrogens with zero attached hydrogens (tertiary/aromatic N) is 1. The number of hydrogen-bond donors (Lipinski definition) is 1. The maximum absolute atomic E-state index is 9.25. The molecule has 2 nitrogen and oxygen atoms in total. The molecule has 0 spiro atoms. The molecule has 1 unspecified atom stereocenters. The van der Waals surface area contributed by atoms with Crippen LogP contribution in [0.25, 0.3) is 0 Å². The third kappa shape index (κ3) is 3.68. The lowest BCUT2D eigenvalue weighted by Crippen LogP contribution is -2.25. The van der Waals surface area contributed by atoms with Crippen molar-refractivity contribution < 1.29 is 0 Å². The SMILES string of the molecule is CSc1cccc(NCC(C)C(C)(C)C)c1C#N. The summed E-state index contributed by atoms with van der Waals surface area (Å²) in [4.78, 5) is 1.03. The van der Waals surface area contributed by atoms with Crippen LogP contribution < -0.4 is 5.32 Å². The van der Waals surface area contributed by atoms with Gasteiger partial charge in [0.1, 0.15) is 6.07 Å². The van der Waals surface area contributed by atoms with E-state index in [1.54, 1.807) is 11.8 Å². The molecule has 0 amide bonds. The van der Waals surface area contributed by atoms with Crippen LogP contribution in [0, 0.1) is 22.7 Å². The predicted octanol–water partition coefficient (Wildman–Crippen LogP) is 4.37. The van der Waals surface area contributed by atoms with E-state index in [2.05, 4.69) is 39.1 Å². The normalized spacial score (nSPS) is 12.9. The van der Waals surface area contributed by atoms with Gasteiger partial charge in [-0.1, -0.05) is 33.8 Å². The Morgan fingerprint density at radius 1 is 1.39 bits per heavy atom. The van der Waals surface area contributed by atoms with Gasteiger partial charge in [-0.3, -0.25) is 0 Å². The van der Waals surface area contributed by atoms with Crippen molar-refractivity contribution in [3.8, 4) is 6.07 Å². The van der Waals surface area contributed by atoms with E-state index >= 15 is 0 Å². The second kappa shape index (κ2) is 6.15. The lowest BCUT2D eigenvalue weighted by atomic mass is 9.82. The Bertz CT molecular complexity index is 441. The highest BCUT2D eigenvalue weighted by Crippen LogP contribution is 2.29. The van der Waals surface area contributed by atoms with Crippen molar-refractivity contribution in [2.75, 3.05) is 18.1 Å². The average molecular weight is 262 g/mol. The van der Waals surface area contributed by atoms with Gasteiger partial charge in [-0.15, -0.1) is 11.8 Å². The highest BCUT2D eigenvalue weighted by Gasteiger charge is 2.20. The van der Waals surface area contributed by atoms with Crippen molar-refractivity contribution in [3.63, 3.8) is 0 Å². The topological polar surface area (TPSA) is 35.8 Å². The van der Waals surface area contributed by atoms with E-state index in [1.807, 2.05) is 24.5 Å². The van der Waals surface area contributed by atoms with Crippen molar-refractivity contribution in [1.82, 2.24) is 0 Å². The van der Waals surface area contributed by atoms with Gasteiger partial charge in [-0.25, -0.2) is 0 Å². The first-order valence-electron chi connectivity index (χ1n) is 6.21. The molecule has 1 rings (SSSR count). The Kier molecular flexibility index (Phi) is 5.10. The highest BCUT2D eigenvalue weighted by molar-refractivity contribution is 7.98. The van der Waals surface area contributed by atoms with Crippen LogP contribution >= 0.6 is 11.8 Å². The molecule has 0 aliphatic carbocycles. The van der Waals surface area contributed by atoms with Crippen LogP contribution in [0.1, 0.15) is 33.3 Å². The fourth-order valence-corrected chi connectivity index (χ4v) is 2.11. The van der Waals surface area contributed by atoms with Gasteiger partial charge in [0, 0.05) is 11.4 Å². The minimum Gasteiger partial charge on any atom is -0.384 e. The first kappa shape index (κ1) is 14.9. The monoisotopic (exact) mass is 262 g/mol. The summed E-state index contributed by atoms with van der Waals surface area (Å²) < 4.78 is 0. The molecule has 1 atom stereocenters. The van der Waals surface area contributed by atoms with Gasteiger partial charge < -0.3 is 5.32 Å². The summed E-state index contributed by atoms with van der Waals surface area (Å²) in [6, 6.07) is 8.26. The second-order valence-electron chi connectivity index (χ2n) is 5.64. The average Bonchev–Trinajstić information content (AvgIpc) is 2.33. The van der Waals surface area contributed by atoms with Gasteiger partial charge in [0.15, 0.2) is 0 Å². The molecule has 18 heavy (non-hydrogen) atoms. The molecule has 98 valence electrons. The van der Waals surface area contributed by atoms with Crippen molar-refractivity contribution in [3.05, 3.63) is 23.8 Å². The molecule has 1 N–H and O–H groups in total. The number of hydrogen-bond acceptors (Lipinski definition) is 3. The number of nitrogens with one attached hydrogen (secondary N) is 1. The molecule has 0 radical (unpaired) electrons. The summed E-state index contributed by atoms with van der Waals surface area (Å²) >= 11 is 1.61. The number of thioether (sulfide) groups is 1. The lowest BCUT2D eigenvalue weighted by Gasteiger charge is -2.28. The molecule has 0 saturated heterocycles. The first-order chi connectivity index (χ1) is 8.40. The van der Waals surface area contributed by atoms with Gasteiger partial charge in [-0.2, -0.15) is 5.26 Å². The second-order valence-corrected chi connectivity index (χ2v) is 6.49. The van der Waals surface area contributed by atoms with Gasteiger partial charge in [-0.05, 0) is 29.7 Å². The standard InChI is InChI=1S/C15H22N2S/c1-11(15(2,3)4)10-17-13-7-6-8-14(18-5)12(13)9-16/h6-8,11,17H,10H2,1-5H3. The number of anilines is 1. The fraction of sp³-hybridized carbons (Fsp3) is 0.533. The van der Waals surface area contributed by atoms with E-state index in [9.17, 15) is 5.26 Å². The van der Waals surface area contributed by atoms with Gasteiger partial charge >= 0.3 is 0 Å². The molecule has 0 aliphatic rings. The zero-order valence-electron chi connectivity index (χ0n) is 11.9. The number of benzene rings is 1. The van der Waals surface area contributed by atoms with Crippen LogP contribution in [-0.4, -0.2) is 12.8 Å². The molecular weight excluding hydrogens is 240 g/mol. The summed E-state index contributed by atoms with van der Waals surface area (Å²) in [5.41, 5.74) is 1.98. The Morgan fingerprint density at radius 3 is 2.56 bits per heavy atom. The molecular formula is C15H22N2S. The quantitative estimate of drug-likeness (QED) is 0.818. The molecule has 3 heteroatoms. The van der Waals surface area contributed by atoms with Crippen LogP contribution in [-0.2, 0) is 0 Å². The zero-order chi connectivity index (χ0) is 13.8. The first-order valence-corrected chi connectivity index (χ1v) is 7.43. The van der Waals surface area contributed by atoms with Crippen molar-refractivity contribution >= 4 is 17.4 Å². The van der Waals surface area contributed by atoms with Crippen molar-refractivity contribution in [2.24, 2.45) is 11.3 Å². The van der Waals surface area contributed by atoms with Crippen LogP contribution in [0.5, 0.6) is 0 Å². The fourth-order valence-electron chi connectivity index (χ4n) is 1.53. The van der Waals surface area contributed by atoms with E-state index in [-0.39, 0.29) is 5.41 Å². The highest BCUT2D eigenvalue weighted by atomic mass is 32.2. The predicted molar refractivity (Wildman–Crippen MR) is 80.0 cm³/mol. The van der Waals surface area contributed by atoms with Gasteiger partial charge in [0.05, 0.1) is 11.3 Å². The minimum absolute atomic E-state index is 0.275. The maximum atomic E-state index is 9.25. The Morgan fingerprint density at radius 2 is 2.06 bits per heavy atom. The third-order valence-corrected chi connectivity index (χ3v) is 4.22. The van der Waals surface area contributed by atoms with Gasteiger partial charge in [0.25, 0.3) is 0 Å². The molecule has 1 aromatic rings. The summed E-state index contributed by atoms with van der Waals surface area (Å²) in [5, 5.41) is 12.7. The van der Waals surface area contributed by atoms with E-state index in [0.717, 1.165) is 22.7 Å². The largest absolute Gasteiger partial charge is 0.384 e. The molecule has 0 aliphatic heterocycles. The third-order valence-electron chi connectivity index (χ3n) is 3.44. The van der Waals surface area contributed by atoms with E-state index in [4.69, 9.17) is 0 Å². The molecule has 0 aromatic heterocycles. The molecule has 0 fully saturated rings. The maximum Gasteiger partial charge on any atom is 0.102 e. The Hall–Kier alpha value is -1.14. The minimum atomic E-state index is 0.275. The zero-order valence-corrected chi connectivity index (χ0v) is 12.7. The lowest BCUT2D eigenvalue weighted by molar-refractivity contribution is 0.274. The van der Waals surface area contributed by atoms with E-state index in [1.165, 1.54) is 0 Å². The summed E-state index contributed by atoms with van der Waals surface area (Å²) in [5.74, 6) is 0.543. The Labute approximate surface area is 115 Å². The summed E-state index contributed by atoms with van der Waals surface area (Å²) in [6.45, 7) is 9.84. The van der Waals surface area contributed by atoms with Gasteiger partial charge in [0.2, 0.25) is 0 Å². The molecule has 1 aromatic carbocycles. The number of nitriles is 1. The Balaban J connectivity index is 2.83. The molecule has 0 saturated carbocycles. The smallest absolute Gasteiger partial charge is 0.102 e. The van der Waals surface area contributed by atoms with Crippen LogP contribution in [0.3, 0.4) is 0 Å². The summed E-state index contributed by atoms with van der Waals surface area (Å²) in [7, 11) is 0. The van der Waals surface area contributed by atoms with Crippen LogP contribution in [0.2, 0.25) is 0 Å². The summed E-state index contributed by atoms with van der Waals surface area (Å²) in [6.07, 6.45) is 2.00. The van der Waals surface area contributed by atoms with Crippen LogP contribution in [0.4, 0.5) is 5.69 Å². The molecule has 0 heterocycles. The van der Waals surface area contributed by atoms with Crippen LogP contribution in [0.15, 0.2) is 23.1 Å². The van der Waals surface area contributed by atoms with E-state index in [0.29, 0.717) is 5.92 Å². The van der Waals surface area contributed by atoms with Crippen molar-refractivity contribution in [2.45, 2.75) is 32.6 Å². The number of rotatable bonds is 4. The van der Waals surface area contributed by atoms with Crippen molar-refractivity contribution in [1.29, 1.82) is 5.26 Å².